The average molecular weight is 221 g/mol. The lowest BCUT2D eigenvalue weighted by Crippen LogP contribution is -2.12. The molecule has 1 atom stereocenters. The van der Waals surface area contributed by atoms with E-state index in [1.807, 2.05) is 0 Å². The van der Waals surface area contributed by atoms with Crippen LogP contribution in [0.5, 0.6) is 0 Å². The SMILES string of the molecule is N[C@H](CCO)c1cc(Cl)ncc1Cl. The van der Waals surface area contributed by atoms with Gasteiger partial charge in [-0.05, 0) is 18.1 Å². The molecule has 3 nitrogen and oxygen atoms in total. The van der Waals surface area contributed by atoms with Gasteiger partial charge in [0.1, 0.15) is 5.15 Å². The first-order valence-corrected chi connectivity index (χ1v) is 4.58. The number of halogens is 2. The highest BCUT2D eigenvalue weighted by Crippen LogP contribution is 2.24. The quantitative estimate of drug-likeness (QED) is 0.764. The first-order valence-electron chi connectivity index (χ1n) is 3.82. The molecule has 1 rings (SSSR count). The molecule has 0 unspecified atom stereocenters. The van der Waals surface area contributed by atoms with E-state index >= 15 is 0 Å². The number of nitrogens with zero attached hydrogens (tertiary/aromatic N) is 1. The Hall–Kier alpha value is -0.350. The van der Waals surface area contributed by atoms with Crippen LogP contribution in [0.4, 0.5) is 0 Å². The summed E-state index contributed by atoms with van der Waals surface area (Å²) in [5.74, 6) is 0. The number of pyridine rings is 1. The van der Waals surface area contributed by atoms with Gasteiger partial charge in [0.15, 0.2) is 0 Å². The Labute approximate surface area is 86.5 Å². The summed E-state index contributed by atoms with van der Waals surface area (Å²) in [5, 5.41) is 9.52. The highest BCUT2D eigenvalue weighted by atomic mass is 35.5. The lowest BCUT2D eigenvalue weighted by molar-refractivity contribution is 0.276. The molecule has 0 fully saturated rings. The number of aromatic nitrogens is 1. The summed E-state index contributed by atoms with van der Waals surface area (Å²) in [5.41, 5.74) is 6.46. The van der Waals surface area contributed by atoms with Gasteiger partial charge in [0.05, 0.1) is 5.02 Å². The zero-order chi connectivity index (χ0) is 9.84. The van der Waals surface area contributed by atoms with Crippen LogP contribution in [-0.4, -0.2) is 16.7 Å². The summed E-state index contributed by atoms with van der Waals surface area (Å²) in [6, 6.07) is 1.32. The fourth-order valence-corrected chi connectivity index (χ4v) is 1.42. The molecule has 0 aromatic carbocycles. The molecule has 3 N–H and O–H groups in total. The van der Waals surface area contributed by atoms with E-state index in [4.69, 9.17) is 34.0 Å². The van der Waals surface area contributed by atoms with Crippen LogP contribution in [0.1, 0.15) is 18.0 Å². The second-order valence-corrected chi connectivity index (χ2v) is 3.44. The molecule has 72 valence electrons. The monoisotopic (exact) mass is 220 g/mol. The Morgan fingerprint density at radius 3 is 2.85 bits per heavy atom. The fraction of sp³-hybridized carbons (Fsp3) is 0.375. The molecule has 0 saturated heterocycles. The van der Waals surface area contributed by atoms with Gasteiger partial charge in [-0.1, -0.05) is 23.2 Å². The van der Waals surface area contributed by atoms with Gasteiger partial charge in [0.25, 0.3) is 0 Å². The lowest BCUT2D eigenvalue weighted by Gasteiger charge is -2.11. The van der Waals surface area contributed by atoms with Crippen LogP contribution in [0.15, 0.2) is 12.3 Å². The zero-order valence-electron chi connectivity index (χ0n) is 6.87. The minimum Gasteiger partial charge on any atom is -0.396 e. The van der Waals surface area contributed by atoms with E-state index in [0.29, 0.717) is 16.6 Å². The van der Waals surface area contributed by atoms with Gasteiger partial charge in [-0.3, -0.25) is 0 Å². The third-order valence-electron chi connectivity index (χ3n) is 1.69. The molecule has 0 aliphatic carbocycles. The van der Waals surface area contributed by atoms with Crippen LogP contribution in [0.25, 0.3) is 0 Å². The maximum atomic E-state index is 8.69. The maximum Gasteiger partial charge on any atom is 0.129 e. The molecule has 1 aromatic heterocycles. The third kappa shape index (κ3) is 2.81. The standard InChI is InChI=1S/C8H10Cl2N2O/c9-6-4-12-8(10)3-5(6)7(11)1-2-13/h3-4,7,13H,1-2,11H2/t7-/m1/s1. The maximum absolute atomic E-state index is 8.69. The van der Waals surface area contributed by atoms with E-state index in [9.17, 15) is 0 Å². The van der Waals surface area contributed by atoms with Crippen molar-refractivity contribution in [2.24, 2.45) is 5.73 Å². The van der Waals surface area contributed by atoms with E-state index in [-0.39, 0.29) is 12.6 Å². The van der Waals surface area contributed by atoms with Gasteiger partial charge < -0.3 is 10.8 Å². The predicted molar refractivity (Wildman–Crippen MR) is 52.9 cm³/mol. The summed E-state index contributed by atoms with van der Waals surface area (Å²) in [6.07, 6.45) is 1.91. The van der Waals surface area contributed by atoms with E-state index in [2.05, 4.69) is 4.98 Å². The number of hydrogen-bond donors (Lipinski definition) is 2. The zero-order valence-corrected chi connectivity index (χ0v) is 8.39. The number of rotatable bonds is 3. The van der Waals surface area contributed by atoms with Crippen molar-refractivity contribution in [3.05, 3.63) is 28.0 Å². The summed E-state index contributed by atoms with van der Waals surface area (Å²) in [7, 11) is 0. The lowest BCUT2D eigenvalue weighted by atomic mass is 10.1. The molecule has 0 radical (unpaired) electrons. The van der Waals surface area contributed by atoms with E-state index in [1.54, 1.807) is 6.07 Å². The molecular weight excluding hydrogens is 211 g/mol. The average Bonchev–Trinajstić information content (AvgIpc) is 2.09. The molecule has 5 heteroatoms. The Balaban J connectivity index is 2.91. The van der Waals surface area contributed by atoms with Crippen LogP contribution >= 0.6 is 23.2 Å². The molecule has 0 aliphatic rings. The van der Waals surface area contributed by atoms with E-state index < -0.39 is 0 Å². The molecule has 1 heterocycles. The Kier molecular flexibility index (Phi) is 3.93. The predicted octanol–water partition coefficient (Wildman–Crippen LogP) is 1.77. The largest absolute Gasteiger partial charge is 0.396 e. The van der Waals surface area contributed by atoms with Crippen molar-refractivity contribution in [1.29, 1.82) is 0 Å². The Bertz CT molecular complexity index is 293. The molecule has 0 saturated carbocycles. The van der Waals surface area contributed by atoms with Crippen molar-refractivity contribution in [3.8, 4) is 0 Å². The fourth-order valence-electron chi connectivity index (χ4n) is 1.01. The van der Waals surface area contributed by atoms with Crippen molar-refractivity contribution in [1.82, 2.24) is 4.98 Å². The first-order chi connectivity index (χ1) is 6.15. The normalized spacial score (nSPS) is 12.9. The van der Waals surface area contributed by atoms with Gasteiger partial charge in [0, 0.05) is 18.8 Å². The summed E-state index contributed by atoms with van der Waals surface area (Å²) >= 11 is 11.5. The van der Waals surface area contributed by atoms with Crippen molar-refractivity contribution in [2.45, 2.75) is 12.5 Å². The molecular formula is C8H10Cl2N2O. The second kappa shape index (κ2) is 4.77. The minimum atomic E-state index is -0.294. The highest BCUT2D eigenvalue weighted by Gasteiger charge is 2.10. The highest BCUT2D eigenvalue weighted by molar-refractivity contribution is 6.32. The van der Waals surface area contributed by atoms with Crippen LogP contribution in [0.2, 0.25) is 10.2 Å². The molecule has 13 heavy (non-hydrogen) atoms. The number of nitrogens with two attached hydrogens (primary N) is 1. The smallest absolute Gasteiger partial charge is 0.129 e. The summed E-state index contributed by atoms with van der Waals surface area (Å²) in [4.78, 5) is 3.80. The van der Waals surface area contributed by atoms with Crippen LogP contribution in [0.3, 0.4) is 0 Å². The van der Waals surface area contributed by atoms with Crippen molar-refractivity contribution >= 4 is 23.2 Å². The second-order valence-electron chi connectivity index (χ2n) is 2.65. The van der Waals surface area contributed by atoms with Crippen molar-refractivity contribution in [2.75, 3.05) is 6.61 Å². The number of aliphatic hydroxyl groups is 1. The molecule has 0 amide bonds. The Morgan fingerprint density at radius 2 is 2.23 bits per heavy atom. The topological polar surface area (TPSA) is 59.1 Å². The minimum absolute atomic E-state index is 0.0252. The molecule has 0 spiro atoms. The van der Waals surface area contributed by atoms with Crippen molar-refractivity contribution in [3.63, 3.8) is 0 Å². The van der Waals surface area contributed by atoms with Gasteiger partial charge >= 0.3 is 0 Å². The van der Waals surface area contributed by atoms with Gasteiger partial charge in [-0.25, -0.2) is 4.98 Å². The van der Waals surface area contributed by atoms with Crippen LogP contribution in [-0.2, 0) is 0 Å². The van der Waals surface area contributed by atoms with Gasteiger partial charge in [-0.2, -0.15) is 0 Å². The van der Waals surface area contributed by atoms with Gasteiger partial charge in [0.2, 0.25) is 0 Å². The van der Waals surface area contributed by atoms with Crippen LogP contribution < -0.4 is 5.73 Å². The molecule has 0 aliphatic heterocycles. The number of hydrogen-bond acceptors (Lipinski definition) is 3. The van der Waals surface area contributed by atoms with E-state index in [1.165, 1.54) is 6.20 Å². The number of aliphatic hydroxyl groups excluding tert-OH is 1. The summed E-state index contributed by atoms with van der Waals surface area (Å²) in [6.45, 7) is 0.0252. The Morgan fingerprint density at radius 1 is 1.54 bits per heavy atom. The summed E-state index contributed by atoms with van der Waals surface area (Å²) < 4.78 is 0. The molecule has 1 aromatic rings. The van der Waals surface area contributed by atoms with E-state index in [0.717, 1.165) is 5.56 Å². The molecule has 0 bridgehead atoms. The van der Waals surface area contributed by atoms with Crippen molar-refractivity contribution < 1.29 is 5.11 Å². The third-order valence-corrected chi connectivity index (χ3v) is 2.21. The van der Waals surface area contributed by atoms with Gasteiger partial charge in [-0.15, -0.1) is 0 Å². The van der Waals surface area contributed by atoms with Crippen LogP contribution in [0, 0.1) is 0 Å². The first kappa shape index (κ1) is 10.7.